The van der Waals surface area contributed by atoms with E-state index in [1.54, 1.807) is 17.5 Å². The van der Waals surface area contributed by atoms with Crippen molar-refractivity contribution in [3.63, 3.8) is 0 Å². The van der Waals surface area contributed by atoms with E-state index in [1.165, 1.54) is 11.3 Å². The molecular weight excluding hydrogens is 250 g/mol. The van der Waals surface area contributed by atoms with E-state index in [4.69, 9.17) is 0 Å². The average Bonchev–Trinajstić information content (AvgIpc) is 2.96. The standard InChI is InChI=1S/C13H9NOS2/c15-11(7-13-14-5-6-16-13)10-8-17-12-4-2-1-3-9(10)12/h1-6,8H,7H2. The number of hydrogen-bond donors (Lipinski definition) is 0. The molecule has 0 aliphatic rings. The van der Waals surface area contributed by atoms with Gasteiger partial charge in [0, 0.05) is 32.6 Å². The Labute approximate surface area is 107 Å². The molecule has 2 nitrogen and oxygen atoms in total. The summed E-state index contributed by atoms with van der Waals surface area (Å²) in [6.07, 6.45) is 2.14. The molecule has 17 heavy (non-hydrogen) atoms. The summed E-state index contributed by atoms with van der Waals surface area (Å²) >= 11 is 3.14. The molecule has 0 radical (unpaired) electrons. The molecule has 0 bridgehead atoms. The van der Waals surface area contributed by atoms with Gasteiger partial charge in [-0.3, -0.25) is 4.79 Å². The number of fused-ring (bicyclic) bond motifs is 1. The number of carbonyl (C=O) groups is 1. The molecule has 0 spiro atoms. The number of nitrogens with zero attached hydrogens (tertiary/aromatic N) is 1. The Balaban J connectivity index is 1.96. The van der Waals surface area contributed by atoms with E-state index >= 15 is 0 Å². The molecule has 0 N–H and O–H groups in total. The second-order valence-corrected chi connectivity index (χ2v) is 5.56. The Kier molecular flexibility index (Phi) is 2.74. The van der Waals surface area contributed by atoms with Crippen LogP contribution < -0.4 is 0 Å². The molecule has 2 heterocycles. The van der Waals surface area contributed by atoms with Gasteiger partial charge >= 0.3 is 0 Å². The van der Waals surface area contributed by atoms with Gasteiger partial charge in [-0.1, -0.05) is 18.2 Å². The third kappa shape index (κ3) is 2.01. The Morgan fingerprint density at radius 2 is 2.12 bits per heavy atom. The minimum absolute atomic E-state index is 0.150. The van der Waals surface area contributed by atoms with Crippen LogP contribution in [0.3, 0.4) is 0 Å². The third-order valence-corrected chi connectivity index (χ3v) is 4.32. The zero-order chi connectivity index (χ0) is 11.7. The summed E-state index contributed by atoms with van der Waals surface area (Å²) in [4.78, 5) is 16.3. The van der Waals surface area contributed by atoms with Gasteiger partial charge < -0.3 is 0 Å². The molecule has 0 amide bonds. The number of hydrogen-bond acceptors (Lipinski definition) is 4. The van der Waals surface area contributed by atoms with Gasteiger partial charge in [-0.2, -0.15) is 0 Å². The van der Waals surface area contributed by atoms with Gasteiger partial charge in [0.2, 0.25) is 0 Å². The van der Waals surface area contributed by atoms with Crippen molar-refractivity contribution in [2.75, 3.05) is 0 Å². The zero-order valence-corrected chi connectivity index (χ0v) is 10.6. The quantitative estimate of drug-likeness (QED) is 0.670. The van der Waals surface area contributed by atoms with Crippen LogP contribution in [0, 0.1) is 0 Å². The van der Waals surface area contributed by atoms with E-state index in [1.807, 2.05) is 35.0 Å². The highest BCUT2D eigenvalue weighted by molar-refractivity contribution is 7.17. The lowest BCUT2D eigenvalue weighted by molar-refractivity contribution is 0.0995. The molecule has 4 heteroatoms. The first-order chi connectivity index (χ1) is 8.34. The maximum absolute atomic E-state index is 12.2. The maximum atomic E-state index is 12.2. The first-order valence-electron chi connectivity index (χ1n) is 5.22. The summed E-state index contributed by atoms with van der Waals surface area (Å²) < 4.78 is 1.16. The van der Waals surface area contributed by atoms with Crippen LogP contribution in [-0.2, 0) is 6.42 Å². The van der Waals surface area contributed by atoms with Crippen LogP contribution in [-0.4, -0.2) is 10.8 Å². The number of benzene rings is 1. The molecule has 3 aromatic rings. The fraction of sp³-hybridized carbons (Fsp3) is 0.0769. The molecule has 0 saturated carbocycles. The highest BCUT2D eigenvalue weighted by Crippen LogP contribution is 2.26. The van der Waals surface area contributed by atoms with Crippen molar-refractivity contribution in [3.05, 3.63) is 51.8 Å². The van der Waals surface area contributed by atoms with E-state index in [9.17, 15) is 4.79 Å². The number of rotatable bonds is 3. The summed E-state index contributed by atoms with van der Waals surface area (Å²) in [5, 5.41) is 5.78. The summed E-state index contributed by atoms with van der Waals surface area (Å²) in [5.41, 5.74) is 0.820. The van der Waals surface area contributed by atoms with Crippen molar-refractivity contribution >= 4 is 38.5 Å². The molecular formula is C13H9NOS2. The second-order valence-electron chi connectivity index (χ2n) is 3.67. The number of carbonyl (C=O) groups excluding carboxylic acids is 1. The fourth-order valence-electron chi connectivity index (χ4n) is 1.77. The number of aromatic nitrogens is 1. The molecule has 84 valence electrons. The second kappa shape index (κ2) is 4.39. The molecule has 0 atom stereocenters. The molecule has 0 aliphatic heterocycles. The van der Waals surface area contributed by atoms with Gasteiger partial charge in [0.15, 0.2) is 5.78 Å². The van der Waals surface area contributed by atoms with Crippen LogP contribution in [0.25, 0.3) is 10.1 Å². The third-order valence-electron chi connectivity index (χ3n) is 2.58. The smallest absolute Gasteiger partial charge is 0.171 e. The van der Waals surface area contributed by atoms with Crippen LogP contribution in [0.15, 0.2) is 41.2 Å². The Hall–Kier alpha value is -1.52. The summed E-state index contributed by atoms with van der Waals surface area (Å²) in [6, 6.07) is 8.00. The normalized spacial score (nSPS) is 10.8. The molecule has 3 rings (SSSR count). The van der Waals surface area contributed by atoms with Crippen LogP contribution in [0.1, 0.15) is 15.4 Å². The van der Waals surface area contributed by atoms with Crippen molar-refractivity contribution < 1.29 is 4.79 Å². The molecule has 0 aliphatic carbocycles. The van der Waals surface area contributed by atoms with E-state index in [-0.39, 0.29) is 5.78 Å². The van der Waals surface area contributed by atoms with Gasteiger partial charge in [0.05, 0.1) is 6.42 Å². The highest BCUT2D eigenvalue weighted by atomic mass is 32.1. The molecule has 2 aromatic heterocycles. The molecule has 1 aromatic carbocycles. The first kappa shape index (κ1) is 10.6. The van der Waals surface area contributed by atoms with E-state index in [0.717, 1.165) is 20.7 Å². The van der Waals surface area contributed by atoms with Gasteiger partial charge in [-0.25, -0.2) is 4.98 Å². The van der Waals surface area contributed by atoms with Gasteiger partial charge in [0.1, 0.15) is 5.01 Å². The Bertz CT molecular complexity index is 655. The zero-order valence-electron chi connectivity index (χ0n) is 8.92. The van der Waals surface area contributed by atoms with Crippen molar-refractivity contribution in [3.8, 4) is 0 Å². The van der Waals surface area contributed by atoms with E-state index in [2.05, 4.69) is 4.98 Å². The van der Waals surface area contributed by atoms with Gasteiger partial charge in [-0.05, 0) is 6.07 Å². The number of ketones is 1. The van der Waals surface area contributed by atoms with Crippen LogP contribution >= 0.6 is 22.7 Å². The van der Waals surface area contributed by atoms with Crippen molar-refractivity contribution in [1.82, 2.24) is 4.98 Å². The van der Waals surface area contributed by atoms with Gasteiger partial charge in [-0.15, -0.1) is 22.7 Å². The van der Waals surface area contributed by atoms with E-state index in [0.29, 0.717) is 6.42 Å². The lowest BCUT2D eigenvalue weighted by Gasteiger charge is -1.96. The SMILES string of the molecule is O=C(Cc1nccs1)c1csc2ccccc12. The molecule has 0 unspecified atom stereocenters. The predicted molar refractivity (Wildman–Crippen MR) is 72.0 cm³/mol. The largest absolute Gasteiger partial charge is 0.294 e. The number of Topliss-reactive ketones (excluding diaryl/α,β-unsaturated/α-hetero) is 1. The van der Waals surface area contributed by atoms with Crippen LogP contribution in [0.4, 0.5) is 0 Å². The lowest BCUT2D eigenvalue weighted by atomic mass is 10.1. The summed E-state index contributed by atoms with van der Waals surface area (Å²) in [6.45, 7) is 0. The summed E-state index contributed by atoms with van der Waals surface area (Å²) in [5.74, 6) is 0.150. The van der Waals surface area contributed by atoms with Crippen molar-refractivity contribution in [1.29, 1.82) is 0 Å². The topological polar surface area (TPSA) is 30.0 Å². The van der Waals surface area contributed by atoms with Crippen molar-refractivity contribution in [2.45, 2.75) is 6.42 Å². The van der Waals surface area contributed by atoms with Crippen LogP contribution in [0.2, 0.25) is 0 Å². The molecule has 0 saturated heterocycles. The fourth-order valence-corrected chi connectivity index (χ4v) is 3.35. The minimum Gasteiger partial charge on any atom is -0.294 e. The Morgan fingerprint density at radius 1 is 1.24 bits per heavy atom. The first-order valence-corrected chi connectivity index (χ1v) is 6.98. The minimum atomic E-state index is 0.150. The number of thiophene rings is 1. The number of thiazole rings is 1. The predicted octanol–water partition coefficient (Wildman–Crippen LogP) is 3.78. The molecule has 0 fully saturated rings. The van der Waals surface area contributed by atoms with Gasteiger partial charge in [0.25, 0.3) is 0 Å². The average molecular weight is 259 g/mol. The highest BCUT2D eigenvalue weighted by Gasteiger charge is 2.13. The monoisotopic (exact) mass is 259 g/mol. The summed E-state index contributed by atoms with van der Waals surface area (Å²) in [7, 11) is 0. The Morgan fingerprint density at radius 3 is 2.94 bits per heavy atom. The lowest BCUT2D eigenvalue weighted by Crippen LogP contribution is -2.01. The maximum Gasteiger partial charge on any atom is 0.171 e. The van der Waals surface area contributed by atoms with E-state index < -0.39 is 0 Å². The van der Waals surface area contributed by atoms with Crippen LogP contribution in [0.5, 0.6) is 0 Å². The van der Waals surface area contributed by atoms with Crippen molar-refractivity contribution in [2.24, 2.45) is 0 Å².